The number of ether oxygens (including phenoxy) is 2. The first-order chi connectivity index (χ1) is 13.0. The van der Waals surface area contributed by atoms with Gasteiger partial charge in [-0.1, -0.05) is 12.1 Å². The Hall–Kier alpha value is -2.81. The summed E-state index contributed by atoms with van der Waals surface area (Å²) in [4.78, 5) is 17.7. The molecule has 0 aliphatic rings. The Morgan fingerprint density at radius 2 is 2.15 bits per heavy atom. The van der Waals surface area contributed by atoms with Crippen LogP contribution in [0.1, 0.15) is 18.9 Å². The van der Waals surface area contributed by atoms with E-state index in [4.69, 9.17) is 9.47 Å². The fourth-order valence-electron chi connectivity index (χ4n) is 2.41. The van der Waals surface area contributed by atoms with Gasteiger partial charge in [0, 0.05) is 20.1 Å². The predicted octanol–water partition coefficient (Wildman–Crippen LogP) is 2.33. The summed E-state index contributed by atoms with van der Waals surface area (Å²) in [5.41, 5.74) is 1.22. The molecule has 0 aliphatic heterocycles. The standard InChI is InChI=1S/C18H28N6O3/c1-5-26-18(25)21-16-20-17(24(4)22-16)19-10-7-11-27-15-9-6-8-14(12-15)13-23(2)3/h6,8-9,12H,5,7,10-11,13H2,1-4H3,(H2,19,20,21,22,25). The van der Waals surface area contributed by atoms with E-state index in [2.05, 4.69) is 37.7 Å². The van der Waals surface area contributed by atoms with Crippen LogP contribution in [-0.2, 0) is 18.3 Å². The highest BCUT2D eigenvalue weighted by Gasteiger charge is 2.10. The number of nitrogens with one attached hydrogen (secondary N) is 2. The second-order valence-electron chi connectivity index (χ2n) is 6.24. The van der Waals surface area contributed by atoms with Crippen LogP contribution in [0, 0.1) is 0 Å². The van der Waals surface area contributed by atoms with Crippen LogP contribution in [0.5, 0.6) is 5.75 Å². The van der Waals surface area contributed by atoms with Crippen LogP contribution < -0.4 is 15.4 Å². The number of benzene rings is 1. The number of nitrogens with zero attached hydrogens (tertiary/aromatic N) is 4. The monoisotopic (exact) mass is 376 g/mol. The average Bonchev–Trinajstić information content (AvgIpc) is 2.94. The third-order valence-corrected chi connectivity index (χ3v) is 3.52. The third kappa shape index (κ3) is 7.14. The van der Waals surface area contributed by atoms with Gasteiger partial charge in [-0.3, -0.25) is 5.32 Å². The van der Waals surface area contributed by atoms with Gasteiger partial charge < -0.3 is 19.7 Å². The van der Waals surface area contributed by atoms with Crippen molar-refractivity contribution in [2.24, 2.45) is 7.05 Å². The molecule has 148 valence electrons. The predicted molar refractivity (Wildman–Crippen MR) is 104 cm³/mol. The molecule has 0 atom stereocenters. The maximum absolute atomic E-state index is 11.4. The van der Waals surface area contributed by atoms with Crippen molar-refractivity contribution in [3.63, 3.8) is 0 Å². The van der Waals surface area contributed by atoms with Crippen LogP contribution in [0.15, 0.2) is 24.3 Å². The molecule has 1 aromatic carbocycles. The molecule has 9 heteroatoms. The maximum Gasteiger partial charge on any atom is 0.414 e. The minimum atomic E-state index is -0.570. The fourth-order valence-corrected chi connectivity index (χ4v) is 2.41. The summed E-state index contributed by atoms with van der Waals surface area (Å²) in [7, 11) is 5.83. The summed E-state index contributed by atoms with van der Waals surface area (Å²) in [6, 6.07) is 8.11. The number of amides is 1. The number of carbonyl (C=O) groups excluding carboxylic acids is 1. The van der Waals surface area contributed by atoms with Crippen molar-refractivity contribution in [2.75, 3.05) is 44.5 Å². The lowest BCUT2D eigenvalue weighted by molar-refractivity contribution is 0.167. The van der Waals surface area contributed by atoms with Crippen molar-refractivity contribution in [1.82, 2.24) is 19.7 Å². The van der Waals surface area contributed by atoms with Crippen LogP contribution in [-0.4, -0.2) is 59.6 Å². The second-order valence-corrected chi connectivity index (χ2v) is 6.24. The van der Waals surface area contributed by atoms with E-state index in [0.717, 1.165) is 18.7 Å². The van der Waals surface area contributed by atoms with Crippen molar-refractivity contribution in [1.29, 1.82) is 0 Å². The maximum atomic E-state index is 11.4. The Balaban J connectivity index is 1.72. The lowest BCUT2D eigenvalue weighted by Gasteiger charge is -2.12. The smallest absolute Gasteiger partial charge is 0.414 e. The molecule has 0 bridgehead atoms. The van der Waals surface area contributed by atoms with Crippen LogP contribution in [0.2, 0.25) is 0 Å². The molecule has 1 amide bonds. The first-order valence-electron chi connectivity index (χ1n) is 8.93. The number of hydrogen-bond donors (Lipinski definition) is 2. The fraction of sp³-hybridized carbons (Fsp3) is 0.500. The Kier molecular flexibility index (Phi) is 7.87. The molecule has 2 aromatic rings. The van der Waals surface area contributed by atoms with Gasteiger partial charge in [0.2, 0.25) is 5.95 Å². The molecule has 0 fully saturated rings. The normalized spacial score (nSPS) is 10.7. The molecule has 0 radical (unpaired) electrons. The van der Waals surface area contributed by atoms with Gasteiger partial charge in [0.15, 0.2) is 0 Å². The van der Waals surface area contributed by atoms with E-state index in [1.165, 1.54) is 5.56 Å². The zero-order valence-corrected chi connectivity index (χ0v) is 16.4. The van der Waals surface area contributed by atoms with E-state index in [1.807, 2.05) is 26.2 Å². The van der Waals surface area contributed by atoms with E-state index in [-0.39, 0.29) is 5.95 Å². The summed E-state index contributed by atoms with van der Waals surface area (Å²) < 4.78 is 12.2. The number of aryl methyl sites for hydroxylation is 1. The van der Waals surface area contributed by atoms with E-state index in [0.29, 0.717) is 25.7 Å². The first-order valence-corrected chi connectivity index (χ1v) is 8.93. The molecular weight excluding hydrogens is 348 g/mol. The van der Waals surface area contributed by atoms with Gasteiger partial charge in [0.1, 0.15) is 5.75 Å². The van der Waals surface area contributed by atoms with E-state index in [9.17, 15) is 4.79 Å². The van der Waals surface area contributed by atoms with Crippen molar-refractivity contribution < 1.29 is 14.3 Å². The molecule has 0 spiro atoms. The van der Waals surface area contributed by atoms with Crippen molar-refractivity contribution in [3.05, 3.63) is 29.8 Å². The molecule has 2 N–H and O–H groups in total. The Morgan fingerprint density at radius 3 is 2.89 bits per heavy atom. The number of hydrogen-bond acceptors (Lipinski definition) is 7. The van der Waals surface area contributed by atoms with Gasteiger partial charge >= 0.3 is 6.09 Å². The van der Waals surface area contributed by atoms with Gasteiger partial charge in [0.05, 0.1) is 13.2 Å². The van der Waals surface area contributed by atoms with Crippen molar-refractivity contribution in [3.8, 4) is 5.75 Å². The van der Waals surface area contributed by atoms with E-state index >= 15 is 0 Å². The minimum Gasteiger partial charge on any atom is -0.494 e. The molecule has 27 heavy (non-hydrogen) atoms. The SMILES string of the molecule is CCOC(=O)Nc1nc(NCCCOc2cccc(CN(C)C)c2)n(C)n1. The van der Waals surface area contributed by atoms with Crippen molar-refractivity contribution >= 4 is 18.0 Å². The summed E-state index contributed by atoms with van der Waals surface area (Å²) in [5.74, 6) is 1.64. The Labute approximate surface area is 159 Å². The summed E-state index contributed by atoms with van der Waals surface area (Å²) in [6.07, 6.45) is 0.227. The molecule has 0 aliphatic carbocycles. The van der Waals surface area contributed by atoms with Crippen LogP contribution >= 0.6 is 0 Å². The molecule has 2 rings (SSSR count). The van der Waals surface area contributed by atoms with Gasteiger partial charge in [0.25, 0.3) is 5.95 Å². The Bertz CT molecular complexity index is 732. The number of anilines is 2. The molecule has 0 unspecified atom stereocenters. The van der Waals surface area contributed by atoms with E-state index in [1.54, 1.807) is 18.7 Å². The number of aromatic nitrogens is 3. The van der Waals surface area contributed by atoms with Gasteiger partial charge in [-0.15, -0.1) is 5.10 Å². The first kappa shape index (κ1) is 20.5. The molecule has 0 saturated carbocycles. The summed E-state index contributed by atoms with van der Waals surface area (Å²) in [6.45, 7) is 4.17. The van der Waals surface area contributed by atoms with E-state index < -0.39 is 6.09 Å². The van der Waals surface area contributed by atoms with Gasteiger partial charge in [-0.05, 0) is 45.1 Å². The number of carbonyl (C=O) groups is 1. The highest BCUT2D eigenvalue weighted by Crippen LogP contribution is 2.14. The molecular formula is C18H28N6O3. The zero-order valence-electron chi connectivity index (χ0n) is 16.4. The largest absolute Gasteiger partial charge is 0.494 e. The van der Waals surface area contributed by atoms with Crippen molar-refractivity contribution in [2.45, 2.75) is 19.9 Å². The highest BCUT2D eigenvalue weighted by atomic mass is 16.5. The number of rotatable bonds is 10. The lowest BCUT2D eigenvalue weighted by Crippen LogP contribution is -2.14. The van der Waals surface area contributed by atoms with Crippen LogP contribution in [0.25, 0.3) is 0 Å². The molecule has 0 saturated heterocycles. The van der Waals surface area contributed by atoms with Gasteiger partial charge in [-0.2, -0.15) is 4.98 Å². The quantitative estimate of drug-likeness (QED) is 0.615. The molecule has 1 heterocycles. The lowest BCUT2D eigenvalue weighted by atomic mass is 10.2. The zero-order chi connectivity index (χ0) is 19.6. The highest BCUT2D eigenvalue weighted by molar-refractivity contribution is 5.82. The Morgan fingerprint density at radius 1 is 1.33 bits per heavy atom. The topological polar surface area (TPSA) is 93.5 Å². The summed E-state index contributed by atoms with van der Waals surface area (Å²) >= 11 is 0. The molecule has 9 nitrogen and oxygen atoms in total. The third-order valence-electron chi connectivity index (χ3n) is 3.52. The van der Waals surface area contributed by atoms with Crippen LogP contribution in [0.3, 0.4) is 0 Å². The minimum absolute atomic E-state index is 0.201. The average molecular weight is 376 g/mol. The van der Waals surface area contributed by atoms with Crippen LogP contribution in [0.4, 0.5) is 16.7 Å². The van der Waals surface area contributed by atoms with Gasteiger partial charge in [-0.25, -0.2) is 9.48 Å². The summed E-state index contributed by atoms with van der Waals surface area (Å²) in [5, 5.41) is 9.75. The second kappa shape index (κ2) is 10.4. The molecule has 1 aromatic heterocycles.